The first kappa shape index (κ1) is 29.4. The molecule has 0 amide bonds. The molecule has 0 aliphatic heterocycles. The van der Waals surface area contributed by atoms with Crippen molar-refractivity contribution in [1.82, 2.24) is 4.90 Å². The quantitative estimate of drug-likeness (QED) is 0.215. The van der Waals surface area contributed by atoms with Crippen LogP contribution in [0.4, 0.5) is 0 Å². The Hall–Kier alpha value is -2.60. The molecule has 5 heteroatoms. The summed E-state index contributed by atoms with van der Waals surface area (Å²) in [6.07, 6.45) is 0. The van der Waals surface area contributed by atoms with Gasteiger partial charge in [-0.05, 0) is 50.5 Å². The molecule has 0 saturated heterocycles. The van der Waals surface area contributed by atoms with Gasteiger partial charge < -0.3 is 10.0 Å². The van der Waals surface area contributed by atoms with E-state index in [-0.39, 0.29) is 20.4 Å². The van der Waals surface area contributed by atoms with Gasteiger partial charge in [-0.1, -0.05) is 54.6 Å². The molecule has 4 aromatic carbocycles. The van der Waals surface area contributed by atoms with Gasteiger partial charge in [-0.3, -0.25) is 4.79 Å². The Morgan fingerprint density at radius 3 is 1.38 bits per heavy atom. The Kier molecular flexibility index (Phi) is 14.7. The van der Waals surface area contributed by atoms with Crippen LogP contribution in [0.2, 0.25) is 0 Å². The number of rotatable bonds is 5. The summed E-state index contributed by atoms with van der Waals surface area (Å²) in [4.78, 5) is 11.1. The molecule has 34 heavy (non-hydrogen) atoms. The minimum Gasteiger partial charge on any atom is -0.481 e. The number of hydrogen-bond acceptors (Lipinski definition) is 2. The Balaban J connectivity index is 0.000000326. The van der Waals surface area contributed by atoms with Crippen molar-refractivity contribution in [3.05, 3.63) is 127 Å². The number of carbonyl (C=O) groups is 1. The summed E-state index contributed by atoms with van der Waals surface area (Å²) in [6, 6.07) is 43.7. The van der Waals surface area contributed by atoms with Crippen LogP contribution >= 0.6 is 7.92 Å². The molecule has 4 rings (SSSR count). The second-order valence-corrected chi connectivity index (χ2v) is 10.1. The van der Waals surface area contributed by atoms with Crippen molar-refractivity contribution in [3.63, 3.8) is 0 Å². The maximum Gasteiger partial charge on any atom is 2.00 e. The number of carboxylic acid groups (broad SMARTS) is 1. The van der Waals surface area contributed by atoms with Gasteiger partial charge in [0.2, 0.25) is 0 Å². The minimum atomic E-state index is -0.877. The number of nitrogens with zero attached hydrogens (tertiary/aromatic N) is 1. The SMILES string of the molecule is CC(=O)O.CN(C)Cc1[c-]cccc1.[Pd+2].c1ccc([PH+](c2ccccc2)c2ccccc2)cc1. The average molecular weight is 564 g/mol. The molecule has 0 aliphatic carbocycles. The fraction of sp³-hybridized carbons (Fsp3) is 0.138. The van der Waals surface area contributed by atoms with E-state index in [4.69, 9.17) is 9.90 Å². The first-order valence-electron chi connectivity index (χ1n) is 10.8. The third-order valence-electron chi connectivity index (χ3n) is 4.45. The van der Waals surface area contributed by atoms with Crippen molar-refractivity contribution >= 4 is 29.8 Å². The average Bonchev–Trinajstić information content (AvgIpc) is 2.82. The van der Waals surface area contributed by atoms with Crippen LogP contribution in [0.1, 0.15) is 12.5 Å². The van der Waals surface area contributed by atoms with Crippen LogP contribution in [-0.4, -0.2) is 30.1 Å². The standard InChI is InChI=1S/C18H15P.C9H12N.C2H4O2.Pd/c1-4-10-16(11-5-1)19(17-12-6-2-7-13-17)18-14-8-3-9-15-18;1-10(2)8-9-6-4-3-5-7-9;1-2(3)4;/h1-15H;3-6H,8H2,1-2H3;1H3,(H,3,4);/q;-1;;+2/p+1. The third-order valence-corrected chi connectivity index (χ3v) is 7.18. The Morgan fingerprint density at radius 2 is 1.09 bits per heavy atom. The van der Waals surface area contributed by atoms with E-state index in [1.165, 1.54) is 21.5 Å². The first-order chi connectivity index (χ1) is 16.0. The van der Waals surface area contributed by atoms with E-state index in [0.717, 1.165) is 13.5 Å². The van der Waals surface area contributed by atoms with Crippen LogP contribution in [0, 0.1) is 6.07 Å². The molecule has 0 radical (unpaired) electrons. The van der Waals surface area contributed by atoms with E-state index in [2.05, 4.69) is 122 Å². The van der Waals surface area contributed by atoms with Gasteiger partial charge in [0.25, 0.3) is 5.97 Å². The summed E-state index contributed by atoms with van der Waals surface area (Å²) in [6.45, 7) is 2.06. The predicted molar refractivity (Wildman–Crippen MR) is 143 cm³/mol. The van der Waals surface area contributed by atoms with Crippen LogP contribution in [0.25, 0.3) is 0 Å². The molecule has 0 heterocycles. The van der Waals surface area contributed by atoms with Crippen molar-refractivity contribution in [3.8, 4) is 0 Å². The summed E-state index contributed by atoms with van der Waals surface area (Å²) >= 11 is 0. The molecule has 3 nitrogen and oxygen atoms in total. The van der Waals surface area contributed by atoms with E-state index in [9.17, 15) is 0 Å². The molecule has 0 bridgehead atoms. The molecule has 0 saturated carbocycles. The van der Waals surface area contributed by atoms with Crippen molar-refractivity contribution in [2.75, 3.05) is 14.1 Å². The number of carboxylic acids is 1. The fourth-order valence-corrected chi connectivity index (χ4v) is 5.76. The molecule has 0 aliphatic rings. The largest absolute Gasteiger partial charge is 2.00 e. The maximum atomic E-state index is 9.00. The van der Waals surface area contributed by atoms with Gasteiger partial charge in [0, 0.05) is 13.5 Å². The van der Waals surface area contributed by atoms with Gasteiger partial charge in [-0.2, -0.15) is 30.3 Å². The Morgan fingerprint density at radius 1 is 0.735 bits per heavy atom. The van der Waals surface area contributed by atoms with Crippen molar-refractivity contribution in [1.29, 1.82) is 0 Å². The van der Waals surface area contributed by atoms with Gasteiger partial charge in [0.05, 0.1) is 7.92 Å². The van der Waals surface area contributed by atoms with E-state index in [1.807, 2.05) is 18.2 Å². The molecule has 178 valence electrons. The first-order valence-corrected chi connectivity index (χ1v) is 12.3. The monoisotopic (exact) mass is 563 g/mol. The van der Waals surface area contributed by atoms with Gasteiger partial charge in [-0.15, -0.1) is 5.56 Å². The topological polar surface area (TPSA) is 40.5 Å². The molecule has 1 N–H and O–H groups in total. The van der Waals surface area contributed by atoms with Gasteiger partial charge in [0.1, 0.15) is 15.9 Å². The smallest absolute Gasteiger partial charge is 0.481 e. The third kappa shape index (κ3) is 11.5. The van der Waals surface area contributed by atoms with E-state index >= 15 is 0 Å². The number of hydrogen-bond donors (Lipinski definition) is 1. The second kappa shape index (κ2) is 16.9. The van der Waals surface area contributed by atoms with E-state index in [0.29, 0.717) is 0 Å². The Bertz CT molecular complexity index is 949. The van der Waals surface area contributed by atoms with Crippen molar-refractivity contribution in [2.24, 2.45) is 0 Å². The summed E-state index contributed by atoms with van der Waals surface area (Å²) in [5.41, 5.74) is 1.24. The minimum absolute atomic E-state index is 0. The summed E-state index contributed by atoms with van der Waals surface area (Å²) < 4.78 is 0. The number of aliphatic carboxylic acids is 1. The molecule has 0 aromatic heterocycles. The van der Waals surface area contributed by atoms with Crippen LogP contribution in [0.15, 0.2) is 115 Å². The molecule has 0 fully saturated rings. The van der Waals surface area contributed by atoms with Crippen LogP contribution in [-0.2, 0) is 31.8 Å². The van der Waals surface area contributed by atoms with E-state index < -0.39 is 13.9 Å². The number of benzene rings is 4. The predicted octanol–water partition coefficient (Wildman–Crippen LogP) is 4.81. The molecular weight excluding hydrogens is 532 g/mol. The van der Waals surface area contributed by atoms with Crippen LogP contribution in [0.3, 0.4) is 0 Å². The summed E-state index contributed by atoms with van der Waals surface area (Å²) in [7, 11) is 3.24. The normalized spacial score (nSPS) is 9.68. The second-order valence-electron chi connectivity index (χ2n) is 7.62. The fourth-order valence-electron chi connectivity index (χ4n) is 3.18. The summed E-state index contributed by atoms with van der Waals surface area (Å²) in [5, 5.41) is 11.7. The van der Waals surface area contributed by atoms with Crippen LogP contribution in [0.5, 0.6) is 0 Å². The van der Waals surface area contributed by atoms with Crippen LogP contribution < -0.4 is 15.9 Å². The molecule has 0 atom stereocenters. The zero-order valence-corrected chi connectivity index (χ0v) is 22.4. The Labute approximate surface area is 218 Å². The molecular formula is C29H32NO2PPd+2. The maximum absolute atomic E-state index is 9.00. The summed E-state index contributed by atoms with van der Waals surface area (Å²) in [5.74, 6) is -0.833. The van der Waals surface area contributed by atoms with Crippen molar-refractivity contribution in [2.45, 2.75) is 13.5 Å². The van der Waals surface area contributed by atoms with Gasteiger partial charge in [-0.25, -0.2) is 0 Å². The van der Waals surface area contributed by atoms with E-state index in [1.54, 1.807) is 0 Å². The zero-order chi connectivity index (χ0) is 23.9. The molecule has 0 unspecified atom stereocenters. The zero-order valence-electron chi connectivity index (χ0n) is 19.8. The van der Waals surface area contributed by atoms with Gasteiger partial charge >= 0.3 is 20.4 Å². The molecule has 0 spiro atoms. The van der Waals surface area contributed by atoms with Gasteiger partial charge in [0.15, 0.2) is 0 Å². The van der Waals surface area contributed by atoms with Crippen molar-refractivity contribution < 1.29 is 30.3 Å². The molecule has 4 aromatic rings.